The van der Waals surface area contributed by atoms with Crippen molar-refractivity contribution in [3.8, 4) is 0 Å². The predicted octanol–water partition coefficient (Wildman–Crippen LogP) is 2.23. The highest BCUT2D eigenvalue weighted by molar-refractivity contribution is 7.10. The number of aryl methyl sites for hydroxylation is 3. The van der Waals surface area contributed by atoms with Crippen molar-refractivity contribution >= 4 is 22.4 Å². The van der Waals surface area contributed by atoms with Gasteiger partial charge < -0.3 is 10.3 Å². The number of hydrogen-bond acceptors (Lipinski definition) is 4. The van der Waals surface area contributed by atoms with Crippen molar-refractivity contribution in [1.82, 2.24) is 14.3 Å². The zero-order valence-electron chi connectivity index (χ0n) is 11.0. The zero-order valence-corrected chi connectivity index (χ0v) is 11.8. The molecule has 1 atom stereocenters. The van der Waals surface area contributed by atoms with E-state index in [0.29, 0.717) is 0 Å². The lowest BCUT2D eigenvalue weighted by atomic mass is 9.89. The van der Waals surface area contributed by atoms with Crippen LogP contribution in [0.1, 0.15) is 29.3 Å². The Kier molecular flexibility index (Phi) is 3.10. The van der Waals surface area contributed by atoms with Crippen molar-refractivity contribution in [2.45, 2.75) is 33.1 Å². The van der Waals surface area contributed by atoms with E-state index in [4.69, 9.17) is 0 Å². The fourth-order valence-corrected chi connectivity index (χ4v) is 3.16. The molecular weight excluding hydrogens is 260 g/mol. The fraction of sp³-hybridized carbons (Fsp3) is 0.462. The summed E-state index contributed by atoms with van der Waals surface area (Å²) >= 11 is 1.33. The van der Waals surface area contributed by atoms with Crippen LogP contribution in [-0.2, 0) is 17.6 Å². The molecule has 0 saturated carbocycles. The van der Waals surface area contributed by atoms with Crippen molar-refractivity contribution in [3.05, 3.63) is 29.0 Å². The maximum Gasteiger partial charge on any atom is 0.228 e. The Bertz CT molecular complexity index is 616. The summed E-state index contributed by atoms with van der Waals surface area (Å²) in [6.07, 6.45) is 2.49. The smallest absolute Gasteiger partial charge is 0.228 e. The first-order valence-electron chi connectivity index (χ1n) is 6.40. The molecule has 5 nitrogen and oxygen atoms in total. The number of aromatic amines is 1. The number of rotatable bonds is 2. The Morgan fingerprint density at radius 3 is 3.11 bits per heavy atom. The summed E-state index contributed by atoms with van der Waals surface area (Å²) < 4.78 is 4.16. The third kappa shape index (κ3) is 2.53. The minimum Gasteiger partial charge on any atom is -0.346 e. The van der Waals surface area contributed by atoms with E-state index in [9.17, 15) is 4.79 Å². The number of nitrogens with one attached hydrogen (secondary N) is 2. The Labute approximate surface area is 115 Å². The first kappa shape index (κ1) is 12.3. The number of carbonyl (C=O) groups excluding carboxylic acids is 1. The van der Waals surface area contributed by atoms with Crippen molar-refractivity contribution in [2.75, 3.05) is 5.32 Å². The number of fused-ring (bicyclic) bond motifs is 1. The molecule has 3 rings (SSSR count). The van der Waals surface area contributed by atoms with Gasteiger partial charge in [0.1, 0.15) is 10.8 Å². The van der Waals surface area contributed by atoms with E-state index in [0.717, 1.165) is 47.2 Å². The van der Waals surface area contributed by atoms with Crippen molar-refractivity contribution < 1.29 is 4.79 Å². The van der Waals surface area contributed by atoms with Crippen LogP contribution in [0.15, 0.2) is 6.07 Å². The first-order valence-corrected chi connectivity index (χ1v) is 7.17. The van der Waals surface area contributed by atoms with Crippen LogP contribution in [0, 0.1) is 19.8 Å². The molecule has 2 aromatic heterocycles. The van der Waals surface area contributed by atoms with Crippen LogP contribution < -0.4 is 5.32 Å². The van der Waals surface area contributed by atoms with Gasteiger partial charge in [-0.3, -0.25) is 4.79 Å². The van der Waals surface area contributed by atoms with Gasteiger partial charge in [-0.1, -0.05) is 0 Å². The van der Waals surface area contributed by atoms with E-state index in [1.807, 2.05) is 19.9 Å². The van der Waals surface area contributed by atoms with Gasteiger partial charge >= 0.3 is 0 Å². The normalized spacial score (nSPS) is 18.1. The number of anilines is 1. The molecule has 1 aliphatic rings. The molecule has 1 aliphatic carbocycles. The minimum atomic E-state index is 0.0229. The largest absolute Gasteiger partial charge is 0.346 e. The Morgan fingerprint density at radius 1 is 1.53 bits per heavy atom. The molecule has 2 aromatic rings. The van der Waals surface area contributed by atoms with Crippen molar-refractivity contribution in [3.63, 3.8) is 0 Å². The molecule has 2 N–H and O–H groups in total. The van der Waals surface area contributed by atoms with Gasteiger partial charge in [-0.2, -0.15) is 4.37 Å². The molecule has 0 saturated heterocycles. The highest BCUT2D eigenvalue weighted by Gasteiger charge is 2.27. The van der Waals surface area contributed by atoms with Gasteiger partial charge in [-0.15, -0.1) is 0 Å². The number of hydrogen-bond donors (Lipinski definition) is 2. The topological polar surface area (TPSA) is 70.7 Å². The summed E-state index contributed by atoms with van der Waals surface area (Å²) in [7, 11) is 0. The molecule has 0 bridgehead atoms. The van der Waals surface area contributed by atoms with E-state index in [1.54, 1.807) is 0 Å². The second-order valence-electron chi connectivity index (χ2n) is 5.01. The van der Waals surface area contributed by atoms with Crippen LogP contribution in [0.5, 0.6) is 0 Å². The lowest BCUT2D eigenvalue weighted by Gasteiger charge is -2.20. The van der Waals surface area contributed by atoms with Crippen LogP contribution in [-0.4, -0.2) is 20.2 Å². The highest BCUT2D eigenvalue weighted by atomic mass is 32.1. The number of imidazole rings is 1. The lowest BCUT2D eigenvalue weighted by molar-refractivity contribution is -0.120. The molecule has 2 heterocycles. The summed E-state index contributed by atoms with van der Waals surface area (Å²) in [6.45, 7) is 3.87. The Hall–Kier alpha value is -1.69. The van der Waals surface area contributed by atoms with Crippen LogP contribution in [0.3, 0.4) is 0 Å². The van der Waals surface area contributed by atoms with Gasteiger partial charge in [0.25, 0.3) is 0 Å². The summed E-state index contributed by atoms with van der Waals surface area (Å²) in [4.78, 5) is 19.9. The van der Waals surface area contributed by atoms with Crippen LogP contribution in [0.4, 0.5) is 5.00 Å². The molecule has 100 valence electrons. The van der Waals surface area contributed by atoms with Crippen molar-refractivity contribution in [2.24, 2.45) is 5.92 Å². The lowest BCUT2D eigenvalue weighted by Crippen LogP contribution is -2.27. The molecule has 19 heavy (non-hydrogen) atoms. The molecule has 0 unspecified atom stereocenters. The maximum absolute atomic E-state index is 12.2. The van der Waals surface area contributed by atoms with E-state index in [1.165, 1.54) is 11.5 Å². The maximum atomic E-state index is 12.2. The van der Waals surface area contributed by atoms with Gasteiger partial charge in [0.15, 0.2) is 0 Å². The van der Waals surface area contributed by atoms with Crippen LogP contribution >= 0.6 is 11.5 Å². The quantitative estimate of drug-likeness (QED) is 0.883. The van der Waals surface area contributed by atoms with Crippen LogP contribution in [0.25, 0.3) is 0 Å². The van der Waals surface area contributed by atoms with Gasteiger partial charge in [0.2, 0.25) is 5.91 Å². The highest BCUT2D eigenvalue weighted by Crippen LogP contribution is 2.25. The van der Waals surface area contributed by atoms with Gasteiger partial charge in [0, 0.05) is 18.0 Å². The van der Waals surface area contributed by atoms with E-state index in [2.05, 4.69) is 19.7 Å². The second kappa shape index (κ2) is 4.77. The molecule has 0 radical (unpaired) electrons. The average molecular weight is 276 g/mol. The standard InChI is InChI=1S/C13H16N4OS/c1-7-5-12(19-17-7)16-13(18)9-3-4-10-11(6-9)15-8(2)14-10/h5,9H,3-4,6H2,1-2H3,(H,14,15)(H,16,18)/t9-/m1/s1. The first-order chi connectivity index (χ1) is 9.11. The summed E-state index contributed by atoms with van der Waals surface area (Å²) in [5.74, 6) is 1.04. The average Bonchev–Trinajstić information content (AvgIpc) is 2.93. The van der Waals surface area contributed by atoms with E-state index >= 15 is 0 Å². The third-order valence-electron chi connectivity index (χ3n) is 3.41. The zero-order chi connectivity index (χ0) is 13.4. The Balaban J connectivity index is 1.69. The number of nitrogens with zero attached hydrogens (tertiary/aromatic N) is 2. The number of aromatic nitrogens is 3. The monoisotopic (exact) mass is 276 g/mol. The van der Waals surface area contributed by atoms with Crippen LogP contribution in [0.2, 0.25) is 0 Å². The molecule has 0 aromatic carbocycles. The third-order valence-corrected chi connectivity index (χ3v) is 4.20. The van der Waals surface area contributed by atoms with Gasteiger partial charge in [-0.05, 0) is 44.3 Å². The molecular formula is C13H16N4OS. The predicted molar refractivity (Wildman–Crippen MR) is 74.3 cm³/mol. The number of amides is 1. The second-order valence-corrected chi connectivity index (χ2v) is 5.81. The molecule has 0 aliphatic heterocycles. The SMILES string of the molecule is Cc1cc(NC(=O)[C@@H]2CCc3nc(C)[nH]c3C2)sn1. The van der Waals surface area contributed by atoms with E-state index < -0.39 is 0 Å². The van der Waals surface area contributed by atoms with Crippen molar-refractivity contribution in [1.29, 1.82) is 0 Å². The summed E-state index contributed by atoms with van der Waals surface area (Å²) in [5, 5.41) is 3.78. The number of H-pyrrole nitrogens is 1. The van der Waals surface area contributed by atoms with Gasteiger partial charge in [-0.25, -0.2) is 4.98 Å². The molecule has 0 fully saturated rings. The fourth-order valence-electron chi connectivity index (χ4n) is 2.49. The molecule has 6 heteroatoms. The van der Waals surface area contributed by atoms with E-state index in [-0.39, 0.29) is 11.8 Å². The Morgan fingerprint density at radius 2 is 2.37 bits per heavy atom. The summed E-state index contributed by atoms with van der Waals surface area (Å²) in [5.41, 5.74) is 3.18. The van der Waals surface area contributed by atoms with Gasteiger partial charge in [0.05, 0.1) is 11.4 Å². The summed E-state index contributed by atoms with van der Waals surface area (Å²) in [6, 6.07) is 1.90. The molecule has 1 amide bonds. The molecule has 0 spiro atoms. The number of carbonyl (C=O) groups is 1. The minimum absolute atomic E-state index is 0.0229.